The molecule has 0 aromatic heterocycles. The summed E-state index contributed by atoms with van der Waals surface area (Å²) in [6.45, 7) is 13.4. The maximum absolute atomic E-state index is 13.0. The number of allylic oxidation sites excluding steroid dienone is 2. The lowest BCUT2D eigenvalue weighted by atomic mass is 9.47. The third-order valence-electron chi connectivity index (χ3n) is 9.64. The predicted molar refractivity (Wildman–Crippen MR) is 118 cm³/mol. The van der Waals surface area contributed by atoms with Gasteiger partial charge in [-0.2, -0.15) is 0 Å². The zero-order chi connectivity index (χ0) is 21.2. The molecule has 4 aliphatic carbocycles. The monoisotopic (exact) mass is 401 g/mol. The highest BCUT2D eigenvalue weighted by atomic mass is 16.3. The van der Waals surface area contributed by atoms with E-state index in [0.29, 0.717) is 29.1 Å². The summed E-state index contributed by atoms with van der Waals surface area (Å²) in [7, 11) is 0. The van der Waals surface area contributed by atoms with E-state index < -0.39 is 0 Å². The Morgan fingerprint density at radius 1 is 1.10 bits per heavy atom. The average molecular weight is 402 g/mol. The summed E-state index contributed by atoms with van der Waals surface area (Å²) in [6.07, 6.45) is 11.7. The molecule has 0 unspecified atom stereocenters. The van der Waals surface area contributed by atoms with Crippen molar-refractivity contribution in [3.05, 3.63) is 11.6 Å². The van der Waals surface area contributed by atoms with Gasteiger partial charge in [0.05, 0.1) is 6.10 Å². The molecule has 1 amide bonds. The van der Waals surface area contributed by atoms with E-state index in [1.165, 1.54) is 32.1 Å². The van der Waals surface area contributed by atoms with Crippen molar-refractivity contribution in [3.63, 3.8) is 0 Å². The highest BCUT2D eigenvalue weighted by Crippen LogP contribution is 2.66. The molecule has 0 heterocycles. The number of aliphatic hydroxyl groups is 1. The second-order valence-corrected chi connectivity index (χ2v) is 12.4. The van der Waals surface area contributed by atoms with Crippen LogP contribution in [0, 0.1) is 40.4 Å². The number of fused-ring (bicyclic) bond motifs is 5. The first kappa shape index (κ1) is 21.4. The number of rotatable bonds is 2. The first-order chi connectivity index (χ1) is 13.5. The van der Waals surface area contributed by atoms with E-state index in [1.807, 2.05) is 0 Å². The number of nitrogens with one attached hydrogen (secondary N) is 1. The third kappa shape index (κ3) is 3.50. The molecule has 3 nitrogen and oxygen atoms in total. The Bertz CT molecular complexity index is 691. The molecule has 0 aromatic carbocycles. The topological polar surface area (TPSA) is 49.3 Å². The van der Waals surface area contributed by atoms with Crippen molar-refractivity contribution in [2.45, 2.75) is 105 Å². The molecule has 0 aliphatic heterocycles. The molecule has 0 spiro atoms. The number of hydrogen-bond acceptors (Lipinski definition) is 2. The summed E-state index contributed by atoms with van der Waals surface area (Å²) < 4.78 is 0. The summed E-state index contributed by atoms with van der Waals surface area (Å²) >= 11 is 0. The summed E-state index contributed by atoms with van der Waals surface area (Å²) in [5.41, 5.74) is 2.20. The third-order valence-corrected chi connectivity index (χ3v) is 9.64. The molecular weight excluding hydrogens is 358 g/mol. The fraction of sp³-hybridized carbons (Fsp3) is 0.885. The van der Waals surface area contributed by atoms with Crippen molar-refractivity contribution < 1.29 is 9.90 Å². The van der Waals surface area contributed by atoms with E-state index in [0.717, 1.165) is 19.3 Å². The highest BCUT2D eigenvalue weighted by molar-refractivity contribution is 5.79. The van der Waals surface area contributed by atoms with E-state index in [-0.39, 0.29) is 28.9 Å². The van der Waals surface area contributed by atoms with Gasteiger partial charge in [-0.15, -0.1) is 0 Å². The van der Waals surface area contributed by atoms with Crippen molar-refractivity contribution in [1.29, 1.82) is 0 Å². The molecule has 0 bridgehead atoms. The summed E-state index contributed by atoms with van der Waals surface area (Å²) in [5, 5.41) is 13.5. The Labute approximate surface area is 178 Å². The van der Waals surface area contributed by atoms with E-state index in [4.69, 9.17) is 0 Å². The van der Waals surface area contributed by atoms with Gasteiger partial charge in [0.15, 0.2) is 0 Å². The van der Waals surface area contributed by atoms with Crippen LogP contribution in [0.3, 0.4) is 0 Å². The summed E-state index contributed by atoms with van der Waals surface area (Å²) in [5.74, 6) is 2.80. The van der Waals surface area contributed by atoms with Crippen LogP contribution in [0.2, 0.25) is 0 Å². The smallest absolute Gasteiger partial charge is 0.223 e. The van der Waals surface area contributed by atoms with Gasteiger partial charge in [0, 0.05) is 11.5 Å². The minimum atomic E-state index is -0.164. The fourth-order valence-corrected chi connectivity index (χ4v) is 8.02. The molecular formula is C26H43NO2. The second-order valence-electron chi connectivity index (χ2n) is 12.4. The van der Waals surface area contributed by atoms with E-state index in [9.17, 15) is 9.90 Å². The Balaban J connectivity index is 1.56. The van der Waals surface area contributed by atoms with Crippen LogP contribution < -0.4 is 5.32 Å². The molecule has 3 fully saturated rings. The lowest BCUT2D eigenvalue weighted by Crippen LogP contribution is -2.51. The van der Waals surface area contributed by atoms with E-state index in [1.54, 1.807) is 5.57 Å². The predicted octanol–water partition coefficient (Wildman–Crippen LogP) is 5.48. The zero-order valence-corrected chi connectivity index (χ0v) is 19.6. The Morgan fingerprint density at radius 3 is 2.45 bits per heavy atom. The lowest BCUT2D eigenvalue weighted by Gasteiger charge is -2.57. The van der Waals surface area contributed by atoms with E-state index in [2.05, 4.69) is 52.9 Å². The molecule has 29 heavy (non-hydrogen) atoms. The molecule has 0 aromatic rings. The quantitative estimate of drug-likeness (QED) is 0.602. The Hall–Kier alpha value is -0.830. The van der Waals surface area contributed by atoms with Crippen molar-refractivity contribution >= 4 is 5.91 Å². The largest absolute Gasteiger partial charge is 0.393 e. The van der Waals surface area contributed by atoms with Crippen molar-refractivity contribution in [1.82, 2.24) is 5.32 Å². The lowest BCUT2D eigenvalue weighted by molar-refractivity contribution is -0.129. The minimum Gasteiger partial charge on any atom is -0.393 e. The Morgan fingerprint density at radius 2 is 1.76 bits per heavy atom. The van der Waals surface area contributed by atoms with Crippen LogP contribution in [0.4, 0.5) is 0 Å². The molecule has 0 saturated heterocycles. The van der Waals surface area contributed by atoms with Crippen LogP contribution in [-0.4, -0.2) is 22.7 Å². The molecule has 164 valence electrons. The Kier molecular flexibility index (Phi) is 5.25. The van der Waals surface area contributed by atoms with Gasteiger partial charge in [-0.25, -0.2) is 0 Å². The van der Waals surface area contributed by atoms with Gasteiger partial charge in [0.1, 0.15) is 0 Å². The zero-order valence-electron chi connectivity index (χ0n) is 19.6. The second kappa shape index (κ2) is 7.11. The normalized spacial score (nSPS) is 45.5. The van der Waals surface area contributed by atoms with Crippen LogP contribution >= 0.6 is 0 Å². The maximum atomic E-state index is 13.0. The van der Waals surface area contributed by atoms with Crippen molar-refractivity contribution in [2.75, 3.05) is 0 Å². The van der Waals surface area contributed by atoms with Gasteiger partial charge in [0.25, 0.3) is 0 Å². The van der Waals surface area contributed by atoms with Gasteiger partial charge in [-0.3, -0.25) is 4.79 Å². The SMILES string of the molecule is C[C@H](C(=O)NC(C)(C)C)[C@H]1CC[C@H]2C3=CC[C@H]4C[C@@H](O)CC[C@]4(C)[C@H]3CC[C@]12C. The van der Waals surface area contributed by atoms with Gasteiger partial charge in [-0.05, 0) is 107 Å². The van der Waals surface area contributed by atoms with Crippen LogP contribution in [0.25, 0.3) is 0 Å². The van der Waals surface area contributed by atoms with Crippen molar-refractivity contribution in [2.24, 2.45) is 40.4 Å². The number of aliphatic hydroxyl groups excluding tert-OH is 1. The number of carbonyl (C=O) groups excluding carboxylic acids is 1. The van der Waals surface area contributed by atoms with Crippen molar-refractivity contribution in [3.8, 4) is 0 Å². The van der Waals surface area contributed by atoms with Gasteiger partial charge >= 0.3 is 0 Å². The molecule has 4 aliphatic rings. The van der Waals surface area contributed by atoms with Crippen LogP contribution in [0.1, 0.15) is 92.9 Å². The van der Waals surface area contributed by atoms with E-state index >= 15 is 0 Å². The van der Waals surface area contributed by atoms with Crippen LogP contribution in [0.5, 0.6) is 0 Å². The summed E-state index contributed by atoms with van der Waals surface area (Å²) in [4.78, 5) is 13.0. The van der Waals surface area contributed by atoms with Crippen LogP contribution in [0.15, 0.2) is 11.6 Å². The number of carbonyl (C=O) groups is 1. The first-order valence-corrected chi connectivity index (χ1v) is 12.2. The standard InChI is InChI=1S/C26H43NO2/c1-16(23(29)27-24(2,3)4)20-9-10-21-19-8-7-17-15-18(28)11-13-25(17,5)22(19)12-14-26(20,21)6/h8,16-18,20-22,28H,7,9-15H2,1-6H3,(H,27,29)/t16-,17-,18-,20+,21-,22-,25-,26+/m0/s1. The molecule has 3 saturated carbocycles. The molecule has 3 heteroatoms. The average Bonchev–Trinajstić information content (AvgIpc) is 2.97. The number of amides is 1. The van der Waals surface area contributed by atoms with Crippen LogP contribution in [-0.2, 0) is 4.79 Å². The highest BCUT2D eigenvalue weighted by Gasteiger charge is 2.58. The molecule has 2 N–H and O–H groups in total. The summed E-state index contributed by atoms with van der Waals surface area (Å²) in [6, 6.07) is 0. The van der Waals surface area contributed by atoms with Gasteiger partial charge in [-0.1, -0.05) is 32.4 Å². The first-order valence-electron chi connectivity index (χ1n) is 12.2. The molecule has 0 radical (unpaired) electrons. The van der Waals surface area contributed by atoms with Gasteiger partial charge in [0.2, 0.25) is 5.91 Å². The maximum Gasteiger partial charge on any atom is 0.223 e. The minimum absolute atomic E-state index is 0.0816. The number of hydrogen-bond donors (Lipinski definition) is 2. The molecule has 4 rings (SSSR count). The molecule has 8 atom stereocenters. The van der Waals surface area contributed by atoms with Gasteiger partial charge < -0.3 is 10.4 Å². The fourth-order valence-electron chi connectivity index (χ4n) is 8.02.